The highest BCUT2D eigenvalue weighted by atomic mass is 32.1. The Morgan fingerprint density at radius 1 is 0.404 bits per heavy atom. The van der Waals surface area contributed by atoms with Gasteiger partial charge >= 0.3 is 0 Å². The minimum Gasteiger partial charge on any atom is -0.277 e. The summed E-state index contributed by atoms with van der Waals surface area (Å²) >= 11 is 1.89. The number of thiophene rings is 1. The largest absolute Gasteiger partial charge is 0.277 e. The Labute approximate surface area is 301 Å². The summed E-state index contributed by atoms with van der Waals surface area (Å²) in [6.07, 6.45) is 0. The summed E-state index contributed by atoms with van der Waals surface area (Å²) in [4.78, 5) is 11.1. The molecule has 0 N–H and O–H groups in total. The zero-order valence-electron chi connectivity index (χ0n) is 27.8. The van der Waals surface area contributed by atoms with Gasteiger partial charge in [0.2, 0.25) is 5.95 Å². The van der Waals surface area contributed by atoms with Crippen molar-refractivity contribution in [2.45, 2.75) is 0 Å². The van der Waals surface area contributed by atoms with Gasteiger partial charge in [0, 0.05) is 52.7 Å². The van der Waals surface area contributed by atoms with E-state index < -0.39 is 0 Å². The van der Waals surface area contributed by atoms with Gasteiger partial charge in [-0.3, -0.25) is 4.57 Å². The van der Waals surface area contributed by atoms with Crippen LogP contribution in [0.25, 0.3) is 113 Å². The van der Waals surface area contributed by atoms with Crippen molar-refractivity contribution in [1.82, 2.24) is 14.5 Å². The normalized spacial score (nSPS) is 12.2. The van der Waals surface area contributed by atoms with Crippen molar-refractivity contribution in [3.63, 3.8) is 0 Å². The van der Waals surface area contributed by atoms with Crippen LogP contribution < -0.4 is 0 Å². The van der Waals surface area contributed by atoms with E-state index in [2.05, 4.69) is 168 Å². The zero-order chi connectivity index (χ0) is 33.9. The average Bonchev–Trinajstić information content (AvgIpc) is 3.77. The van der Waals surface area contributed by atoms with Crippen LogP contribution in [-0.4, -0.2) is 14.5 Å². The van der Waals surface area contributed by atoms with E-state index in [1.165, 1.54) is 68.6 Å². The fourth-order valence-electron chi connectivity index (χ4n) is 8.77. The van der Waals surface area contributed by atoms with Crippen LogP contribution >= 0.6 is 11.3 Å². The molecule has 12 rings (SSSR count). The third-order valence-electron chi connectivity index (χ3n) is 11.0. The number of hydrogen-bond acceptors (Lipinski definition) is 3. The molecule has 0 aliphatic rings. The SMILES string of the molecule is c1ccc2c(-c3nc(-n4c5ccccc5c5ccc6c7c8ccccc8sc7c7ccccc7c6c54)nc4ccc5ccccc5c34)cccc2c1. The molecule has 52 heavy (non-hydrogen) atoms. The monoisotopic (exact) mass is 677 g/mol. The first kappa shape index (κ1) is 28.1. The van der Waals surface area contributed by atoms with Crippen LogP contribution in [0.2, 0.25) is 0 Å². The lowest BCUT2D eigenvalue weighted by Crippen LogP contribution is -2.04. The molecule has 0 fully saturated rings. The molecule has 3 heterocycles. The van der Waals surface area contributed by atoms with E-state index in [9.17, 15) is 0 Å². The highest BCUT2D eigenvalue weighted by molar-refractivity contribution is 7.27. The maximum absolute atomic E-state index is 5.66. The van der Waals surface area contributed by atoms with Gasteiger partial charge in [-0.2, -0.15) is 0 Å². The van der Waals surface area contributed by atoms with Crippen LogP contribution in [0.5, 0.6) is 0 Å². The molecule has 0 saturated heterocycles. The molecule has 0 amide bonds. The van der Waals surface area contributed by atoms with E-state index in [1.54, 1.807) is 0 Å². The number of aromatic nitrogens is 3. The van der Waals surface area contributed by atoms with Crippen LogP contribution in [0.1, 0.15) is 0 Å². The van der Waals surface area contributed by atoms with Crippen molar-refractivity contribution in [3.05, 3.63) is 164 Å². The number of benzene rings is 9. The summed E-state index contributed by atoms with van der Waals surface area (Å²) in [5, 5.41) is 15.8. The van der Waals surface area contributed by atoms with Gasteiger partial charge in [0.05, 0.1) is 22.2 Å². The summed E-state index contributed by atoms with van der Waals surface area (Å²) < 4.78 is 4.97. The minimum absolute atomic E-state index is 0.670. The highest BCUT2D eigenvalue weighted by Crippen LogP contribution is 2.48. The second-order valence-electron chi connectivity index (χ2n) is 13.7. The molecule has 0 atom stereocenters. The summed E-state index contributed by atoms with van der Waals surface area (Å²) in [5.41, 5.74) is 5.19. The first-order valence-corrected chi connectivity index (χ1v) is 18.5. The van der Waals surface area contributed by atoms with Gasteiger partial charge in [0.1, 0.15) is 0 Å². The smallest absolute Gasteiger partial charge is 0.235 e. The van der Waals surface area contributed by atoms with Gasteiger partial charge in [-0.05, 0) is 50.5 Å². The molecule has 0 aliphatic heterocycles. The zero-order valence-corrected chi connectivity index (χ0v) is 28.7. The van der Waals surface area contributed by atoms with E-state index in [0.717, 1.165) is 38.6 Å². The van der Waals surface area contributed by atoms with Crippen molar-refractivity contribution in [2.24, 2.45) is 0 Å². The Hall–Kier alpha value is -6.62. The lowest BCUT2D eigenvalue weighted by Gasteiger charge is -2.16. The summed E-state index contributed by atoms with van der Waals surface area (Å²) in [6, 6.07) is 59.2. The van der Waals surface area contributed by atoms with Gasteiger partial charge < -0.3 is 0 Å². The van der Waals surface area contributed by atoms with E-state index in [1.807, 2.05) is 11.3 Å². The summed E-state index contributed by atoms with van der Waals surface area (Å²) in [7, 11) is 0. The second-order valence-corrected chi connectivity index (χ2v) is 14.7. The summed E-state index contributed by atoms with van der Waals surface area (Å²) in [6.45, 7) is 0. The molecule has 0 aliphatic carbocycles. The summed E-state index contributed by atoms with van der Waals surface area (Å²) in [5.74, 6) is 0.670. The highest BCUT2D eigenvalue weighted by Gasteiger charge is 2.23. The molecule has 0 saturated carbocycles. The molecule has 240 valence electrons. The van der Waals surface area contributed by atoms with Gasteiger partial charge in [0.15, 0.2) is 0 Å². The Morgan fingerprint density at radius 2 is 1.06 bits per heavy atom. The third kappa shape index (κ3) is 3.74. The molecule has 12 aromatic rings. The first-order valence-electron chi connectivity index (χ1n) is 17.7. The molecule has 3 nitrogen and oxygen atoms in total. The van der Waals surface area contributed by atoms with E-state index in [4.69, 9.17) is 9.97 Å². The molecule has 3 aromatic heterocycles. The molecular weight excluding hydrogens is 651 g/mol. The van der Waals surface area contributed by atoms with Crippen molar-refractivity contribution in [1.29, 1.82) is 0 Å². The van der Waals surface area contributed by atoms with Crippen LogP contribution in [-0.2, 0) is 0 Å². The number of rotatable bonds is 2. The van der Waals surface area contributed by atoms with Gasteiger partial charge in [-0.25, -0.2) is 9.97 Å². The minimum atomic E-state index is 0.670. The first-order chi connectivity index (χ1) is 25.8. The molecule has 0 radical (unpaired) electrons. The topological polar surface area (TPSA) is 30.7 Å². The number of para-hydroxylation sites is 1. The van der Waals surface area contributed by atoms with Crippen LogP contribution in [0.15, 0.2) is 164 Å². The van der Waals surface area contributed by atoms with Crippen molar-refractivity contribution in [3.8, 4) is 17.2 Å². The lowest BCUT2D eigenvalue weighted by molar-refractivity contribution is 1.02. The maximum atomic E-state index is 5.66. The predicted octanol–water partition coefficient (Wildman–Crippen LogP) is 13.4. The Bertz CT molecular complexity index is 3470. The molecule has 0 unspecified atom stereocenters. The van der Waals surface area contributed by atoms with Crippen molar-refractivity contribution >= 4 is 107 Å². The fourth-order valence-corrected chi connectivity index (χ4v) is 10.0. The standard InChI is InChI=1S/C48H27N3S/c1-3-15-30-28(12-1)14-11-21-34(30)45-44-31-16-4-2-13-29(31)24-27-39(44)49-48(50-45)51-40-22-9-7-17-32(40)35-25-26-38-42(46(35)51)33-18-5-6-19-36(33)47-43(38)37-20-8-10-23-41(37)52-47/h1-27H. The Kier molecular flexibility index (Phi) is 5.65. The van der Waals surface area contributed by atoms with E-state index in [0.29, 0.717) is 5.95 Å². The Balaban J connectivity index is 1.31. The lowest BCUT2D eigenvalue weighted by atomic mass is 9.95. The molecular formula is C48H27N3S. The van der Waals surface area contributed by atoms with Crippen LogP contribution in [0.4, 0.5) is 0 Å². The quantitative estimate of drug-likeness (QED) is 0.171. The molecule has 4 heteroatoms. The molecule has 9 aromatic carbocycles. The van der Waals surface area contributed by atoms with E-state index >= 15 is 0 Å². The van der Waals surface area contributed by atoms with Gasteiger partial charge in [-0.1, -0.05) is 146 Å². The Morgan fingerprint density at radius 3 is 1.92 bits per heavy atom. The van der Waals surface area contributed by atoms with Gasteiger partial charge in [0.25, 0.3) is 0 Å². The average molecular weight is 678 g/mol. The van der Waals surface area contributed by atoms with Crippen LogP contribution in [0, 0.1) is 0 Å². The van der Waals surface area contributed by atoms with Crippen molar-refractivity contribution < 1.29 is 0 Å². The number of hydrogen-bond donors (Lipinski definition) is 0. The fraction of sp³-hybridized carbons (Fsp3) is 0. The number of fused-ring (bicyclic) bond motifs is 16. The number of nitrogens with zero attached hydrogens (tertiary/aromatic N) is 3. The molecule has 0 bridgehead atoms. The predicted molar refractivity (Wildman–Crippen MR) is 222 cm³/mol. The third-order valence-corrected chi connectivity index (χ3v) is 12.2. The maximum Gasteiger partial charge on any atom is 0.235 e. The second kappa shape index (κ2) is 10.5. The van der Waals surface area contributed by atoms with E-state index in [-0.39, 0.29) is 0 Å². The molecule has 0 spiro atoms. The van der Waals surface area contributed by atoms with Crippen molar-refractivity contribution in [2.75, 3.05) is 0 Å². The van der Waals surface area contributed by atoms with Gasteiger partial charge in [-0.15, -0.1) is 11.3 Å². The van der Waals surface area contributed by atoms with Crippen LogP contribution in [0.3, 0.4) is 0 Å².